The zero-order valence-corrected chi connectivity index (χ0v) is 18.7. The van der Waals surface area contributed by atoms with Crippen LogP contribution in [0.25, 0.3) is 10.9 Å². The second kappa shape index (κ2) is 10.1. The van der Waals surface area contributed by atoms with Crippen molar-refractivity contribution in [2.45, 2.75) is 39.4 Å². The fraction of sp³-hybridized carbons (Fsp3) is 0.400. The second-order valence-electron chi connectivity index (χ2n) is 8.21. The van der Waals surface area contributed by atoms with Crippen LogP contribution in [0.15, 0.2) is 53.3 Å². The summed E-state index contributed by atoms with van der Waals surface area (Å²) in [6.07, 6.45) is 0.977. The number of fused-ring (bicyclic) bond motifs is 1. The van der Waals surface area contributed by atoms with Crippen molar-refractivity contribution in [3.63, 3.8) is 0 Å². The van der Waals surface area contributed by atoms with E-state index in [0.717, 1.165) is 25.1 Å². The third kappa shape index (κ3) is 5.06. The molecule has 1 atom stereocenters. The molecule has 3 aromatic rings. The molecule has 32 heavy (non-hydrogen) atoms. The van der Waals surface area contributed by atoms with E-state index in [1.807, 2.05) is 37.3 Å². The van der Waals surface area contributed by atoms with Crippen molar-refractivity contribution < 1.29 is 9.53 Å². The summed E-state index contributed by atoms with van der Waals surface area (Å²) < 4.78 is 6.95. The number of hydrogen-bond donors (Lipinski definition) is 1. The van der Waals surface area contributed by atoms with Crippen molar-refractivity contribution in [1.82, 2.24) is 19.8 Å². The molecule has 1 fully saturated rings. The molecule has 1 aliphatic heterocycles. The number of carbonyl (C=O) groups excluding carboxylic acids is 1. The van der Waals surface area contributed by atoms with Gasteiger partial charge in [0.1, 0.15) is 12.4 Å². The normalized spacial score (nSPS) is 15.6. The Labute approximate surface area is 188 Å². The highest BCUT2D eigenvalue weighted by molar-refractivity contribution is 5.79. The molecule has 0 bridgehead atoms. The van der Waals surface area contributed by atoms with E-state index >= 15 is 0 Å². The van der Waals surface area contributed by atoms with Crippen LogP contribution in [0, 0.1) is 0 Å². The van der Waals surface area contributed by atoms with Gasteiger partial charge in [-0.3, -0.25) is 19.1 Å². The summed E-state index contributed by atoms with van der Waals surface area (Å²) in [4.78, 5) is 33.1. The van der Waals surface area contributed by atoms with Crippen molar-refractivity contribution in [1.29, 1.82) is 0 Å². The molecule has 1 saturated heterocycles. The molecule has 7 heteroatoms. The number of carbonyl (C=O) groups is 1. The predicted molar refractivity (Wildman–Crippen MR) is 124 cm³/mol. The van der Waals surface area contributed by atoms with E-state index in [-0.39, 0.29) is 24.1 Å². The molecule has 168 valence electrons. The molecule has 4 rings (SSSR count). The molecular formula is C25H30N4O3. The Bertz CT molecular complexity index is 1130. The molecular weight excluding hydrogens is 404 g/mol. The Morgan fingerprint density at radius 3 is 2.56 bits per heavy atom. The summed E-state index contributed by atoms with van der Waals surface area (Å²) in [5.74, 6) is 0.394. The van der Waals surface area contributed by atoms with Crippen molar-refractivity contribution in [2.75, 3.05) is 26.3 Å². The maximum atomic E-state index is 13.3. The van der Waals surface area contributed by atoms with Crippen molar-refractivity contribution in [2.24, 2.45) is 0 Å². The Morgan fingerprint density at radius 2 is 1.84 bits per heavy atom. The first-order valence-corrected chi connectivity index (χ1v) is 11.2. The zero-order chi connectivity index (χ0) is 22.5. The molecule has 7 nitrogen and oxygen atoms in total. The number of benzene rings is 2. The Morgan fingerprint density at radius 1 is 1.12 bits per heavy atom. The average molecular weight is 435 g/mol. The molecule has 1 amide bonds. The van der Waals surface area contributed by atoms with Gasteiger partial charge in [0, 0.05) is 13.1 Å². The van der Waals surface area contributed by atoms with E-state index in [1.54, 1.807) is 6.07 Å². The predicted octanol–water partition coefficient (Wildman–Crippen LogP) is 2.67. The van der Waals surface area contributed by atoms with E-state index in [4.69, 9.17) is 9.72 Å². The topological polar surface area (TPSA) is 76.5 Å². The number of aryl methyl sites for hydroxylation is 1. The molecule has 0 unspecified atom stereocenters. The lowest BCUT2D eigenvalue weighted by Crippen LogP contribution is -2.40. The van der Waals surface area contributed by atoms with Crippen LogP contribution < -0.4 is 10.9 Å². The van der Waals surface area contributed by atoms with E-state index in [0.29, 0.717) is 36.5 Å². The van der Waals surface area contributed by atoms with Gasteiger partial charge in [0.25, 0.3) is 5.56 Å². The minimum absolute atomic E-state index is 0.0618. The van der Waals surface area contributed by atoms with Crippen LogP contribution in [0.3, 0.4) is 0 Å². The number of aromatic nitrogens is 2. The van der Waals surface area contributed by atoms with Gasteiger partial charge in [-0.15, -0.1) is 0 Å². The van der Waals surface area contributed by atoms with Crippen molar-refractivity contribution in [3.8, 4) is 0 Å². The average Bonchev–Trinajstić information content (AvgIpc) is 2.82. The highest BCUT2D eigenvalue weighted by Crippen LogP contribution is 2.15. The molecule has 1 aliphatic rings. The summed E-state index contributed by atoms with van der Waals surface area (Å²) in [5, 5.41) is 3.55. The molecule has 0 radical (unpaired) electrons. The van der Waals surface area contributed by atoms with Crippen molar-refractivity contribution >= 4 is 16.8 Å². The Kier molecular flexibility index (Phi) is 6.97. The number of morpholine rings is 1. The lowest BCUT2D eigenvalue weighted by atomic mass is 10.1. The number of nitrogens with one attached hydrogen (secondary N) is 1. The number of amides is 1. The van der Waals surface area contributed by atoms with E-state index in [1.165, 1.54) is 10.1 Å². The molecule has 2 heterocycles. The molecule has 0 saturated carbocycles. The van der Waals surface area contributed by atoms with Gasteiger partial charge in [-0.05, 0) is 36.6 Å². The summed E-state index contributed by atoms with van der Waals surface area (Å²) in [7, 11) is 0. The lowest BCUT2D eigenvalue weighted by molar-refractivity contribution is -0.122. The van der Waals surface area contributed by atoms with Gasteiger partial charge in [-0.25, -0.2) is 4.98 Å². The summed E-state index contributed by atoms with van der Waals surface area (Å²) in [5.41, 5.74) is 2.76. The molecule has 0 spiro atoms. The maximum absolute atomic E-state index is 13.3. The van der Waals surface area contributed by atoms with Gasteiger partial charge < -0.3 is 10.1 Å². The first kappa shape index (κ1) is 22.2. The first-order valence-electron chi connectivity index (χ1n) is 11.2. The van der Waals surface area contributed by atoms with Gasteiger partial charge in [0.2, 0.25) is 5.91 Å². The van der Waals surface area contributed by atoms with Crippen molar-refractivity contribution in [3.05, 3.63) is 75.8 Å². The summed E-state index contributed by atoms with van der Waals surface area (Å²) in [6.45, 7) is 7.38. The quantitative estimate of drug-likeness (QED) is 0.619. The van der Waals surface area contributed by atoms with Gasteiger partial charge in [-0.1, -0.05) is 43.3 Å². The first-order chi connectivity index (χ1) is 15.5. The van der Waals surface area contributed by atoms with E-state index in [9.17, 15) is 9.59 Å². The molecule has 0 aliphatic carbocycles. The van der Waals surface area contributed by atoms with Crippen LogP contribution in [-0.4, -0.2) is 46.7 Å². The van der Waals surface area contributed by atoms with Gasteiger partial charge >= 0.3 is 0 Å². The van der Waals surface area contributed by atoms with Crippen LogP contribution in [0.5, 0.6) is 0 Å². The van der Waals surface area contributed by atoms with Crippen LogP contribution in [0.2, 0.25) is 0 Å². The standard InChI is InChI=1S/C25H30N4O3/c1-3-19-8-10-20(11-9-19)18(2)26-24(30)17-29-23(16-28-12-14-32-15-13-28)27-22-7-5-4-6-21(22)25(29)31/h4-11,18H,3,12-17H2,1-2H3,(H,26,30)/t18-/m0/s1. The number of para-hydroxylation sites is 1. The SMILES string of the molecule is CCc1ccc([C@H](C)NC(=O)Cn2c(CN3CCOCC3)nc3ccccc3c2=O)cc1. The fourth-order valence-electron chi connectivity index (χ4n) is 4.01. The van der Waals surface area contributed by atoms with Crippen LogP contribution in [0.4, 0.5) is 0 Å². The number of rotatable bonds is 7. The van der Waals surface area contributed by atoms with E-state index in [2.05, 4.69) is 29.3 Å². The van der Waals surface area contributed by atoms with E-state index < -0.39 is 0 Å². The molecule has 2 aromatic carbocycles. The number of hydrogen-bond acceptors (Lipinski definition) is 5. The van der Waals surface area contributed by atoms with Gasteiger partial charge in [0.05, 0.1) is 36.7 Å². The lowest BCUT2D eigenvalue weighted by Gasteiger charge is -2.27. The van der Waals surface area contributed by atoms with Gasteiger partial charge in [-0.2, -0.15) is 0 Å². The fourth-order valence-corrected chi connectivity index (χ4v) is 4.01. The molecule has 1 N–H and O–H groups in total. The van der Waals surface area contributed by atoms with Gasteiger partial charge in [0.15, 0.2) is 0 Å². The third-order valence-electron chi connectivity index (χ3n) is 5.98. The third-order valence-corrected chi connectivity index (χ3v) is 5.98. The Balaban J connectivity index is 1.57. The Hall–Kier alpha value is -3.03. The number of ether oxygens (including phenoxy) is 1. The largest absolute Gasteiger partial charge is 0.379 e. The zero-order valence-electron chi connectivity index (χ0n) is 18.7. The monoisotopic (exact) mass is 434 g/mol. The second-order valence-corrected chi connectivity index (χ2v) is 8.21. The van der Waals surface area contributed by atoms with Crippen LogP contribution in [0.1, 0.15) is 36.8 Å². The minimum Gasteiger partial charge on any atom is -0.379 e. The maximum Gasteiger partial charge on any atom is 0.261 e. The summed E-state index contributed by atoms with van der Waals surface area (Å²) in [6, 6.07) is 15.4. The van der Waals surface area contributed by atoms with Crippen LogP contribution >= 0.6 is 0 Å². The smallest absolute Gasteiger partial charge is 0.261 e. The highest BCUT2D eigenvalue weighted by Gasteiger charge is 2.19. The van der Waals surface area contributed by atoms with Crippen LogP contribution in [-0.2, 0) is 29.0 Å². The highest BCUT2D eigenvalue weighted by atomic mass is 16.5. The molecule has 1 aromatic heterocycles. The summed E-state index contributed by atoms with van der Waals surface area (Å²) >= 11 is 0. The minimum atomic E-state index is -0.209. The number of nitrogens with zero attached hydrogens (tertiary/aromatic N) is 3.